The van der Waals surface area contributed by atoms with E-state index in [1.807, 2.05) is 80.6 Å². The van der Waals surface area contributed by atoms with Gasteiger partial charge < -0.3 is 14.8 Å². The van der Waals surface area contributed by atoms with Crippen LogP contribution >= 0.6 is 11.8 Å². The highest BCUT2D eigenvalue weighted by molar-refractivity contribution is 8.04. The van der Waals surface area contributed by atoms with E-state index >= 15 is 0 Å². The van der Waals surface area contributed by atoms with Crippen molar-refractivity contribution in [2.45, 2.75) is 18.7 Å². The number of aryl methyl sites for hydroxylation is 1. The molecule has 6 heteroatoms. The first-order valence-electron chi connectivity index (χ1n) is 10.3. The van der Waals surface area contributed by atoms with Gasteiger partial charge in [0.1, 0.15) is 0 Å². The molecule has 3 aromatic carbocycles. The predicted octanol–water partition coefficient (Wildman–Crippen LogP) is 5.74. The lowest BCUT2D eigenvalue weighted by molar-refractivity contribution is -0.118. The van der Waals surface area contributed by atoms with Crippen molar-refractivity contribution in [3.63, 3.8) is 0 Å². The maximum absolute atomic E-state index is 12.6. The van der Waals surface area contributed by atoms with Crippen LogP contribution in [-0.2, 0) is 4.79 Å². The number of ether oxygens (including phenoxy) is 2. The molecule has 1 N–H and O–H groups in total. The van der Waals surface area contributed by atoms with Gasteiger partial charge in [0.25, 0.3) is 5.91 Å². The van der Waals surface area contributed by atoms with Crippen molar-refractivity contribution in [3.8, 4) is 11.5 Å². The number of carbonyl (C=O) groups excluding carboxylic acids is 2. The summed E-state index contributed by atoms with van der Waals surface area (Å²) in [6, 6.07) is 20.6. The number of hydrogen-bond acceptors (Lipinski definition) is 5. The van der Waals surface area contributed by atoms with E-state index in [0.717, 1.165) is 27.3 Å². The average Bonchev–Trinajstić information content (AvgIpc) is 3.10. The Hall–Kier alpha value is -3.51. The molecule has 0 radical (unpaired) electrons. The number of thioether (sulfide) groups is 1. The smallest absolute Gasteiger partial charge is 0.262 e. The first-order chi connectivity index (χ1) is 15.5. The van der Waals surface area contributed by atoms with E-state index in [9.17, 15) is 9.59 Å². The third-order valence-corrected chi connectivity index (χ3v) is 6.02. The summed E-state index contributed by atoms with van der Waals surface area (Å²) in [5, 5.41) is 2.85. The second kappa shape index (κ2) is 9.75. The number of anilines is 1. The number of ketones is 1. The van der Waals surface area contributed by atoms with E-state index < -0.39 is 0 Å². The van der Waals surface area contributed by atoms with Crippen LogP contribution in [0.3, 0.4) is 0 Å². The molecule has 1 amide bonds. The zero-order valence-electron chi connectivity index (χ0n) is 17.9. The monoisotopic (exact) mass is 445 g/mol. The Morgan fingerprint density at radius 3 is 2.56 bits per heavy atom. The van der Waals surface area contributed by atoms with E-state index in [1.165, 1.54) is 11.8 Å². The molecule has 0 fully saturated rings. The van der Waals surface area contributed by atoms with E-state index in [1.54, 1.807) is 6.07 Å². The summed E-state index contributed by atoms with van der Waals surface area (Å²) < 4.78 is 11.5. The minimum atomic E-state index is -0.251. The maximum atomic E-state index is 12.6. The summed E-state index contributed by atoms with van der Waals surface area (Å²) >= 11 is 1.47. The minimum absolute atomic E-state index is 0.0248. The third kappa shape index (κ3) is 4.86. The van der Waals surface area contributed by atoms with E-state index in [4.69, 9.17) is 9.47 Å². The first kappa shape index (κ1) is 21.7. The van der Waals surface area contributed by atoms with E-state index in [-0.39, 0.29) is 18.3 Å². The van der Waals surface area contributed by atoms with Gasteiger partial charge in [-0.25, -0.2) is 0 Å². The Kier molecular flexibility index (Phi) is 6.61. The minimum Gasteiger partial charge on any atom is -0.490 e. The second-order valence-corrected chi connectivity index (χ2v) is 8.31. The first-order valence-corrected chi connectivity index (χ1v) is 11.1. The zero-order chi connectivity index (χ0) is 22.5. The molecule has 162 valence electrons. The number of benzene rings is 3. The van der Waals surface area contributed by atoms with Crippen molar-refractivity contribution in [1.29, 1.82) is 0 Å². The van der Waals surface area contributed by atoms with Gasteiger partial charge in [0, 0.05) is 16.1 Å². The van der Waals surface area contributed by atoms with Gasteiger partial charge >= 0.3 is 0 Å². The van der Waals surface area contributed by atoms with Crippen LogP contribution in [0.4, 0.5) is 5.69 Å². The molecule has 4 rings (SSSR count). The van der Waals surface area contributed by atoms with Gasteiger partial charge in [-0.3, -0.25) is 9.59 Å². The largest absolute Gasteiger partial charge is 0.490 e. The van der Waals surface area contributed by atoms with Gasteiger partial charge in [-0.05, 0) is 61.4 Å². The molecule has 0 unspecified atom stereocenters. The highest BCUT2D eigenvalue weighted by Crippen LogP contribution is 2.41. The molecular weight excluding hydrogens is 422 g/mol. The van der Waals surface area contributed by atoms with Crippen molar-refractivity contribution in [2.75, 3.05) is 18.5 Å². The predicted molar refractivity (Wildman–Crippen MR) is 128 cm³/mol. The lowest BCUT2D eigenvalue weighted by Crippen LogP contribution is -2.20. The number of Topliss-reactive ketones (excluding diaryl/α,β-unsaturated/α-hetero) is 1. The molecule has 32 heavy (non-hydrogen) atoms. The number of para-hydroxylation sites is 1. The summed E-state index contributed by atoms with van der Waals surface area (Å²) in [5.74, 6) is 0.775. The highest BCUT2D eigenvalue weighted by atomic mass is 32.2. The molecule has 1 aliphatic heterocycles. The van der Waals surface area contributed by atoms with E-state index in [0.29, 0.717) is 23.0 Å². The van der Waals surface area contributed by atoms with Crippen molar-refractivity contribution >= 4 is 35.2 Å². The standard InChI is InChI=1S/C26H23NO4S/c1-3-30-22-14-18(15-24-26(29)19-9-5-7-11-23(19)32-24)12-13-21(22)31-16-25(28)27-20-10-6-4-8-17(20)2/h4-15H,3,16H2,1-2H3,(H,27,28)/b24-15+. The Morgan fingerprint density at radius 2 is 1.78 bits per heavy atom. The van der Waals surface area contributed by atoms with Crippen LogP contribution in [0.5, 0.6) is 11.5 Å². The molecule has 0 aliphatic carbocycles. The fourth-order valence-electron chi connectivity index (χ4n) is 3.33. The topological polar surface area (TPSA) is 64.6 Å². The van der Waals surface area contributed by atoms with Gasteiger partial charge in [-0.15, -0.1) is 0 Å². The average molecular weight is 446 g/mol. The van der Waals surface area contributed by atoms with Gasteiger partial charge in [-0.1, -0.05) is 48.2 Å². The number of allylic oxidation sites excluding steroid dienone is 1. The molecule has 3 aromatic rings. The third-order valence-electron chi connectivity index (χ3n) is 4.92. The Balaban J connectivity index is 1.47. The Labute approximate surface area is 191 Å². The molecule has 0 bridgehead atoms. The molecule has 0 saturated carbocycles. The van der Waals surface area contributed by atoms with Crippen LogP contribution in [0.15, 0.2) is 76.5 Å². The van der Waals surface area contributed by atoms with Crippen LogP contribution in [-0.4, -0.2) is 24.9 Å². The number of hydrogen-bond donors (Lipinski definition) is 1. The second-order valence-electron chi connectivity index (χ2n) is 7.23. The zero-order valence-corrected chi connectivity index (χ0v) is 18.7. The quantitative estimate of drug-likeness (QED) is 0.470. The van der Waals surface area contributed by atoms with Crippen LogP contribution in [0, 0.1) is 6.92 Å². The van der Waals surface area contributed by atoms with Gasteiger partial charge in [0.2, 0.25) is 5.78 Å². The maximum Gasteiger partial charge on any atom is 0.262 e. The number of rotatable bonds is 7. The van der Waals surface area contributed by atoms with Crippen molar-refractivity contribution in [2.24, 2.45) is 0 Å². The number of fused-ring (bicyclic) bond motifs is 1. The molecule has 0 aromatic heterocycles. The van der Waals surface area contributed by atoms with E-state index in [2.05, 4.69) is 5.32 Å². The molecule has 1 heterocycles. The number of amides is 1. The fourth-order valence-corrected chi connectivity index (χ4v) is 4.38. The highest BCUT2D eigenvalue weighted by Gasteiger charge is 2.25. The van der Waals surface area contributed by atoms with Crippen molar-refractivity contribution in [3.05, 3.63) is 88.3 Å². The normalized spacial score (nSPS) is 13.7. The van der Waals surface area contributed by atoms with Gasteiger partial charge in [-0.2, -0.15) is 0 Å². The van der Waals surface area contributed by atoms with Crippen molar-refractivity contribution in [1.82, 2.24) is 0 Å². The Morgan fingerprint density at radius 1 is 1.00 bits per heavy atom. The number of carbonyl (C=O) groups is 2. The van der Waals surface area contributed by atoms with Crippen LogP contribution < -0.4 is 14.8 Å². The summed E-state index contributed by atoms with van der Waals surface area (Å²) in [5.41, 5.74) is 3.30. The van der Waals surface area contributed by atoms with Gasteiger partial charge in [0.05, 0.1) is 11.5 Å². The fraction of sp³-hybridized carbons (Fsp3) is 0.154. The molecular formula is C26H23NO4S. The molecule has 0 atom stereocenters. The molecule has 0 spiro atoms. The lowest BCUT2D eigenvalue weighted by atomic mass is 10.1. The molecule has 5 nitrogen and oxygen atoms in total. The molecule has 1 aliphatic rings. The van der Waals surface area contributed by atoms with Crippen molar-refractivity contribution < 1.29 is 19.1 Å². The number of nitrogens with one attached hydrogen (secondary N) is 1. The summed E-state index contributed by atoms with van der Waals surface area (Å²) in [7, 11) is 0. The van der Waals surface area contributed by atoms with Crippen LogP contribution in [0.1, 0.15) is 28.4 Å². The Bertz CT molecular complexity index is 1200. The van der Waals surface area contributed by atoms with Crippen LogP contribution in [0.2, 0.25) is 0 Å². The summed E-state index contributed by atoms with van der Waals surface area (Å²) in [6.45, 7) is 4.12. The van der Waals surface area contributed by atoms with Gasteiger partial charge in [0.15, 0.2) is 18.1 Å². The summed E-state index contributed by atoms with van der Waals surface area (Å²) in [6.07, 6.45) is 1.85. The summed E-state index contributed by atoms with van der Waals surface area (Å²) in [4.78, 5) is 26.6. The van der Waals surface area contributed by atoms with Crippen LogP contribution in [0.25, 0.3) is 6.08 Å². The lowest BCUT2D eigenvalue weighted by Gasteiger charge is -2.13. The SMILES string of the molecule is CCOc1cc(/C=C2/Sc3ccccc3C2=O)ccc1OCC(=O)Nc1ccccc1C. The molecule has 0 saturated heterocycles.